The summed E-state index contributed by atoms with van der Waals surface area (Å²) in [6.07, 6.45) is 2.93. The maximum atomic E-state index is 11.8. The van der Waals surface area contributed by atoms with E-state index in [4.69, 9.17) is 4.42 Å². The Hall–Kier alpha value is -1.36. The van der Waals surface area contributed by atoms with Crippen molar-refractivity contribution in [2.75, 3.05) is 19.6 Å². The number of fused-ring (bicyclic) bond motifs is 1. The zero-order chi connectivity index (χ0) is 9.54. The molecule has 1 aromatic rings. The predicted molar refractivity (Wildman–Crippen MR) is 47.7 cm³/mol. The van der Waals surface area contributed by atoms with Gasteiger partial charge in [0.25, 0.3) is 5.89 Å². The molecule has 2 saturated heterocycles. The number of oxazole rings is 1. The van der Waals surface area contributed by atoms with Crippen LogP contribution in [-0.2, 0) is 0 Å². The first-order valence-electron chi connectivity index (χ1n) is 4.77. The lowest BCUT2D eigenvalue weighted by molar-refractivity contribution is 0.0289. The lowest BCUT2D eigenvalue weighted by Crippen LogP contribution is -2.58. The van der Waals surface area contributed by atoms with Crippen molar-refractivity contribution < 1.29 is 9.21 Å². The van der Waals surface area contributed by atoms with Crippen LogP contribution in [0.4, 0.5) is 0 Å². The van der Waals surface area contributed by atoms with Gasteiger partial charge in [-0.15, -0.1) is 0 Å². The fraction of sp³-hybridized carbons (Fsp3) is 0.556. The van der Waals surface area contributed by atoms with E-state index in [-0.39, 0.29) is 11.8 Å². The van der Waals surface area contributed by atoms with Gasteiger partial charge in [-0.1, -0.05) is 0 Å². The van der Waals surface area contributed by atoms with Crippen LogP contribution >= 0.6 is 0 Å². The second-order valence-electron chi connectivity index (χ2n) is 3.78. The average molecular weight is 193 g/mol. The zero-order valence-corrected chi connectivity index (χ0v) is 7.64. The summed E-state index contributed by atoms with van der Waals surface area (Å²) in [7, 11) is 0. The number of amides is 1. The Kier molecular flexibility index (Phi) is 1.61. The second kappa shape index (κ2) is 2.81. The molecule has 2 aliphatic heterocycles. The SMILES string of the molecule is O=C(c1ncco1)N1CC2CNCC21. The predicted octanol–water partition coefficient (Wildman–Crippen LogP) is -0.282. The Morgan fingerprint density at radius 2 is 2.57 bits per heavy atom. The van der Waals surface area contributed by atoms with E-state index in [1.165, 1.54) is 12.5 Å². The van der Waals surface area contributed by atoms with E-state index >= 15 is 0 Å². The van der Waals surface area contributed by atoms with Crippen LogP contribution in [0.15, 0.2) is 16.9 Å². The smallest absolute Gasteiger partial charge is 0.310 e. The van der Waals surface area contributed by atoms with Gasteiger partial charge in [-0.25, -0.2) is 4.98 Å². The van der Waals surface area contributed by atoms with E-state index in [1.54, 1.807) is 0 Å². The zero-order valence-electron chi connectivity index (χ0n) is 7.64. The summed E-state index contributed by atoms with van der Waals surface area (Å²) in [5, 5.41) is 3.27. The molecular weight excluding hydrogens is 182 g/mol. The Morgan fingerprint density at radius 3 is 3.29 bits per heavy atom. The number of nitrogens with zero attached hydrogens (tertiary/aromatic N) is 2. The monoisotopic (exact) mass is 193 g/mol. The van der Waals surface area contributed by atoms with Crippen LogP contribution in [0.1, 0.15) is 10.7 Å². The molecule has 5 nitrogen and oxygen atoms in total. The molecule has 0 aliphatic carbocycles. The maximum absolute atomic E-state index is 11.8. The third kappa shape index (κ3) is 0.988. The fourth-order valence-electron chi connectivity index (χ4n) is 2.21. The van der Waals surface area contributed by atoms with E-state index in [2.05, 4.69) is 10.3 Å². The van der Waals surface area contributed by atoms with Gasteiger partial charge in [0.15, 0.2) is 0 Å². The van der Waals surface area contributed by atoms with Gasteiger partial charge in [-0.3, -0.25) is 4.79 Å². The summed E-state index contributed by atoms with van der Waals surface area (Å²) in [5.41, 5.74) is 0. The number of carbonyl (C=O) groups is 1. The minimum absolute atomic E-state index is 0.0834. The van der Waals surface area contributed by atoms with Crippen molar-refractivity contribution >= 4 is 5.91 Å². The molecule has 3 rings (SSSR count). The Morgan fingerprint density at radius 1 is 1.64 bits per heavy atom. The first-order valence-corrected chi connectivity index (χ1v) is 4.77. The fourth-order valence-corrected chi connectivity index (χ4v) is 2.21. The van der Waals surface area contributed by atoms with Gasteiger partial charge in [0.05, 0.1) is 12.2 Å². The van der Waals surface area contributed by atoms with Gasteiger partial charge in [0.1, 0.15) is 6.26 Å². The molecule has 0 saturated carbocycles. The molecular formula is C9H11N3O2. The van der Waals surface area contributed by atoms with Crippen molar-refractivity contribution in [2.45, 2.75) is 6.04 Å². The molecule has 2 atom stereocenters. The topological polar surface area (TPSA) is 58.4 Å². The minimum Gasteiger partial charge on any atom is -0.441 e. The van der Waals surface area contributed by atoms with Crippen LogP contribution < -0.4 is 5.32 Å². The molecule has 5 heteroatoms. The quantitative estimate of drug-likeness (QED) is 0.666. The lowest BCUT2D eigenvalue weighted by atomic mass is 9.92. The van der Waals surface area contributed by atoms with E-state index in [1.807, 2.05) is 4.90 Å². The highest BCUT2D eigenvalue weighted by atomic mass is 16.4. The van der Waals surface area contributed by atoms with Crippen LogP contribution in [0.2, 0.25) is 0 Å². The van der Waals surface area contributed by atoms with Crippen molar-refractivity contribution in [3.05, 3.63) is 18.4 Å². The number of aromatic nitrogens is 1. The summed E-state index contributed by atoms with van der Waals surface area (Å²) in [6.45, 7) is 2.76. The van der Waals surface area contributed by atoms with Gasteiger partial charge >= 0.3 is 5.91 Å². The van der Waals surface area contributed by atoms with Gasteiger partial charge in [0.2, 0.25) is 0 Å². The molecule has 0 bridgehead atoms. The molecule has 3 heterocycles. The van der Waals surface area contributed by atoms with E-state index in [0.29, 0.717) is 12.0 Å². The van der Waals surface area contributed by atoms with Crippen LogP contribution in [0.25, 0.3) is 0 Å². The summed E-state index contributed by atoms with van der Waals surface area (Å²) >= 11 is 0. The molecule has 1 aromatic heterocycles. The first kappa shape index (κ1) is 7.99. The molecule has 1 N–H and O–H groups in total. The molecule has 2 unspecified atom stereocenters. The molecule has 74 valence electrons. The Balaban J connectivity index is 1.75. The van der Waals surface area contributed by atoms with Crippen molar-refractivity contribution in [3.8, 4) is 0 Å². The summed E-state index contributed by atoms with van der Waals surface area (Å²) in [4.78, 5) is 17.5. The highest BCUT2D eigenvalue weighted by molar-refractivity contribution is 5.90. The Labute approximate surface area is 81.1 Å². The number of hydrogen-bond acceptors (Lipinski definition) is 4. The summed E-state index contributed by atoms with van der Waals surface area (Å²) < 4.78 is 4.98. The molecule has 14 heavy (non-hydrogen) atoms. The third-order valence-electron chi connectivity index (χ3n) is 3.01. The number of nitrogens with one attached hydrogen (secondary N) is 1. The van der Waals surface area contributed by atoms with Gasteiger partial charge in [0, 0.05) is 25.6 Å². The number of hydrogen-bond donors (Lipinski definition) is 1. The standard InChI is InChI=1S/C9H11N3O2/c13-9(8-11-1-2-14-8)12-5-6-3-10-4-7(6)12/h1-2,6-7,10H,3-5H2. The highest BCUT2D eigenvalue weighted by Crippen LogP contribution is 2.28. The van der Waals surface area contributed by atoms with Crippen molar-refractivity contribution in [2.24, 2.45) is 5.92 Å². The van der Waals surface area contributed by atoms with Crippen LogP contribution in [0.3, 0.4) is 0 Å². The normalized spacial score (nSPS) is 29.9. The summed E-state index contributed by atoms with van der Waals surface area (Å²) in [6, 6.07) is 0.356. The largest absolute Gasteiger partial charge is 0.441 e. The van der Waals surface area contributed by atoms with Gasteiger partial charge in [-0.05, 0) is 0 Å². The lowest BCUT2D eigenvalue weighted by Gasteiger charge is -2.42. The maximum Gasteiger partial charge on any atom is 0.310 e. The van der Waals surface area contributed by atoms with Crippen molar-refractivity contribution in [1.29, 1.82) is 0 Å². The molecule has 2 fully saturated rings. The first-order chi connectivity index (χ1) is 6.86. The third-order valence-corrected chi connectivity index (χ3v) is 3.01. The molecule has 0 aromatic carbocycles. The van der Waals surface area contributed by atoms with Crippen molar-refractivity contribution in [1.82, 2.24) is 15.2 Å². The van der Waals surface area contributed by atoms with E-state index < -0.39 is 0 Å². The molecule has 0 spiro atoms. The Bertz CT molecular complexity index is 349. The van der Waals surface area contributed by atoms with Gasteiger partial charge < -0.3 is 14.6 Å². The number of rotatable bonds is 1. The number of carbonyl (C=O) groups excluding carboxylic acids is 1. The number of likely N-dealkylation sites (tertiary alicyclic amines) is 1. The molecule has 2 aliphatic rings. The van der Waals surface area contributed by atoms with Crippen LogP contribution in [-0.4, -0.2) is 41.5 Å². The van der Waals surface area contributed by atoms with E-state index in [9.17, 15) is 4.79 Å². The average Bonchev–Trinajstić information content (AvgIpc) is 2.75. The minimum atomic E-state index is -0.0834. The summed E-state index contributed by atoms with van der Waals surface area (Å²) in [5.74, 6) is 0.754. The van der Waals surface area contributed by atoms with Crippen molar-refractivity contribution in [3.63, 3.8) is 0 Å². The second-order valence-corrected chi connectivity index (χ2v) is 3.78. The molecule has 1 amide bonds. The molecule has 0 radical (unpaired) electrons. The van der Waals surface area contributed by atoms with Crippen LogP contribution in [0.5, 0.6) is 0 Å². The van der Waals surface area contributed by atoms with E-state index in [0.717, 1.165) is 19.6 Å². The van der Waals surface area contributed by atoms with Crippen LogP contribution in [0, 0.1) is 5.92 Å². The van der Waals surface area contributed by atoms with Gasteiger partial charge in [-0.2, -0.15) is 0 Å². The highest BCUT2D eigenvalue weighted by Gasteiger charge is 2.45.